The van der Waals surface area contributed by atoms with Crippen LogP contribution in [-0.2, 0) is 28.9 Å². The largest absolute Gasteiger partial charge is 0.497 e. The number of methoxy groups -OCH3 is 2. The highest BCUT2D eigenvalue weighted by Crippen LogP contribution is 2.32. The van der Waals surface area contributed by atoms with Gasteiger partial charge in [0.2, 0.25) is 5.91 Å². The molecular weight excluding hydrogens is 422 g/mol. The monoisotopic (exact) mass is 449 g/mol. The molecule has 2 N–H and O–H groups in total. The molecule has 0 saturated carbocycles. The van der Waals surface area contributed by atoms with Crippen LogP contribution < -0.4 is 19.5 Å². The highest BCUT2D eigenvalue weighted by molar-refractivity contribution is 5.78. The van der Waals surface area contributed by atoms with E-state index in [0.717, 1.165) is 16.9 Å². The summed E-state index contributed by atoms with van der Waals surface area (Å²) >= 11 is 0. The number of carbonyl (C=O) groups is 2. The van der Waals surface area contributed by atoms with Crippen LogP contribution in [0.5, 0.6) is 23.0 Å². The van der Waals surface area contributed by atoms with Crippen molar-refractivity contribution in [1.82, 2.24) is 5.32 Å². The molecule has 0 bridgehead atoms. The van der Waals surface area contributed by atoms with Crippen LogP contribution >= 0.6 is 0 Å². The van der Waals surface area contributed by atoms with Crippen LogP contribution in [0.25, 0.3) is 0 Å². The summed E-state index contributed by atoms with van der Waals surface area (Å²) in [5.41, 5.74) is 2.58. The number of benzene rings is 3. The molecule has 172 valence electrons. The predicted octanol–water partition coefficient (Wildman–Crippen LogP) is 4.02. The van der Waals surface area contributed by atoms with Crippen molar-refractivity contribution >= 4 is 11.9 Å². The van der Waals surface area contributed by atoms with Gasteiger partial charge in [-0.1, -0.05) is 30.3 Å². The first-order valence-electron chi connectivity index (χ1n) is 10.5. The van der Waals surface area contributed by atoms with E-state index in [9.17, 15) is 9.59 Å². The molecule has 0 spiro atoms. The van der Waals surface area contributed by atoms with Crippen LogP contribution in [0.2, 0.25) is 0 Å². The molecule has 0 unspecified atom stereocenters. The van der Waals surface area contributed by atoms with Gasteiger partial charge < -0.3 is 24.6 Å². The van der Waals surface area contributed by atoms with E-state index < -0.39 is 5.97 Å². The normalized spacial score (nSPS) is 10.4. The standard InChI is InChI=1S/C26H27NO6/c1-31-22-5-3-4-18(14-22)12-13-27-25(28)16-20-8-11-23(24(15-20)32-2)33-21-9-6-19(7-10-21)17-26(29)30/h3-11,14-15H,12-13,16-17H2,1-2H3,(H,27,28)(H,29,30). The van der Waals surface area contributed by atoms with Crippen molar-refractivity contribution in [1.29, 1.82) is 0 Å². The number of amides is 1. The number of carbonyl (C=O) groups excluding carboxylic acids is 1. The Balaban J connectivity index is 1.55. The average Bonchev–Trinajstić information content (AvgIpc) is 2.81. The number of carboxylic acids is 1. The molecule has 0 radical (unpaired) electrons. The van der Waals surface area contributed by atoms with Gasteiger partial charge in [-0.05, 0) is 59.5 Å². The molecule has 3 rings (SSSR count). The van der Waals surface area contributed by atoms with Crippen molar-refractivity contribution < 1.29 is 28.9 Å². The number of hydrogen-bond acceptors (Lipinski definition) is 5. The Bertz CT molecular complexity index is 1090. The molecule has 0 heterocycles. The zero-order chi connectivity index (χ0) is 23.6. The Kier molecular flexibility index (Phi) is 8.30. The van der Waals surface area contributed by atoms with Crippen LogP contribution in [0.4, 0.5) is 0 Å². The summed E-state index contributed by atoms with van der Waals surface area (Å²) in [5, 5.41) is 11.8. The molecule has 1 amide bonds. The summed E-state index contributed by atoms with van der Waals surface area (Å²) in [7, 11) is 3.17. The summed E-state index contributed by atoms with van der Waals surface area (Å²) in [6.07, 6.45) is 0.892. The van der Waals surface area contributed by atoms with Gasteiger partial charge in [0, 0.05) is 6.54 Å². The number of ether oxygens (including phenoxy) is 3. The predicted molar refractivity (Wildman–Crippen MR) is 124 cm³/mol. The summed E-state index contributed by atoms with van der Waals surface area (Å²) in [6, 6.07) is 19.9. The lowest BCUT2D eigenvalue weighted by Crippen LogP contribution is -2.27. The van der Waals surface area contributed by atoms with E-state index in [0.29, 0.717) is 35.8 Å². The minimum absolute atomic E-state index is 0.0418. The number of aliphatic carboxylic acids is 1. The molecule has 0 atom stereocenters. The SMILES string of the molecule is COc1cccc(CCNC(=O)Cc2ccc(Oc3ccc(CC(=O)O)cc3)c(OC)c2)c1. The van der Waals surface area contributed by atoms with E-state index in [1.54, 1.807) is 43.5 Å². The lowest BCUT2D eigenvalue weighted by atomic mass is 10.1. The van der Waals surface area contributed by atoms with Gasteiger partial charge in [0.15, 0.2) is 11.5 Å². The maximum Gasteiger partial charge on any atom is 0.307 e. The van der Waals surface area contributed by atoms with E-state index in [-0.39, 0.29) is 18.7 Å². The fourth-order valence-corrected chi connectivity index (χ4v) is 3.31. The second-order valence-electron chi connectivity index (χ2n) is 7.43. The molecule has 7 nitrogen and oxygen atoms in total. The van der Waals surface area contributed by atoms with E-state index in [2.05, 4.69) is 5.32 Å². The number of carboxylic acid groups (broad SMARTS) is 1. The van der Waals surface area contributed by atoms with Crippen LogP contribution in [0.1, 0.15) is 16.7 Å². The van der Waals surface area contributed by atoms with Gasteiger partial charge in [-0.3, -0.25) is 9.59 Å². The van der Waals surface area contributed by atoms with E-state index >= 15 is 0 Å². The van der Waals surface area contributed by atoms with E-state index in [1.165, 1.54) is 7.11 Å². The minimum Gasteiger partial charge on any atom is -0.497 e. The third-order valence-corrected chi connectivity index (χ3v) is 4.97. The number of hydrogen-bond donors (Lipinski definition) is 2. The van der Waals surface area contributed by atoms with Gasteiger partial charge >= 0.3 is 5.97 Å². The number of rotatable bonds is 11. The minimum atomic E-state index is -0.884. The Labute approximate surface area is 192 Å². The molecule has 3 aromatic carbocycles. The first kappa shape index (κ1) is 23.7. The third-order valence-electron chi connectivity index (χ3n) is 4.97. The van der Waals surface area contributed by atoms with Gasteiger partial charge in [0.1, 0.15) is 11.5 Å². The van der Waals surface area contributed by atoms with Crippen LogP contribution in [0, 0.1) is 0 Å². The topological polar surface area (TPSA) is 94.1 Å². The Morgan fingerprint density at radius 2 is 1.55 bits per heavy atom. The summed E-state index contributed by atoms with van der Waals surface area (Å²) in [4.78, 5) is 23.2. The molecular formula is C26H27NO6. The first-order valence-corrected chi connectivity index (χ1v) is 10.5. The van der Waals surface area contributed by atoms with Crippen molar-refractivity contribution in [3.05, 3.63) is 83.4 Å². The van der Waals surface area contributed by atoms with Crippen molar-refractivity contribution in [2.24, 2.45) is 0 Å². The van der Waals surface area contributed by atoms with Crippen molar-refractivity contribution in [3.63, 3.8) is 0 Å². The van der Waals surface area contributed by atoms with E-state index in [1.807, 2.05) is 30.3 Å². The van der Waals surface area contributed by atoms with Gasteiger partial charge in [-0.15, -0.1) is 0 Å². The second kappa shape index (κ2) is 11.6. The summed E-state index contributed by atoms with van der Waals surface area (Å²) in [6.45, 7) is 0.530. The molecule has 0 saturated heterocycles. The lowest BCUT2D eigenvalue weighted by molar-refractivity contribution is -0.136. The van der Waals surface area contributed by atoms with Crippen molar-refractivity contribution in [2.75, 3.05) is 20.8 Å². The van der Waals surface area contributed by atoms with Gasteiger partial charge in [-0.25, -0.2) is 0 Å². The number of nitrogens with one attached hydrogen (secondary N) is 1. The Hall–Kier alpha value is -4.00. The summed E-state index contributed by atoms with van der Waals surface area (Å²) < 4.78 is 16.5. The van der Waals surface area contributed by atoms with Crippen LogP contribution in [-0.4, -0.2) is 37.7 Å². The van der Waals surface area contributed by atoms with Crippen LogP contribution in [0.3, 0.4) is 0 Å². The highest BCUT2D eigenvalue weighted by Gasteiger charge is 2.10. The quantitative estimate of drug-likeness (QED) is 0.459. The molecule has 0 aliphatic carbocycles. The van der Waals surface area contributed by atoms with Crippen molar-refractivity contribution in [2.45, 2.75) is 19.3 Å². The molecule has 0 aromatic heterocycles. The van der Waals surface area contributed by atoms with Gasteiger partial charge in [0.25, 0.3) is 0 Å². The lowest BCUT2D eigenvalue weighted by Gasteiger charge is -2.12. The van der Waals surface area contributed by atoms with Crippen molar-refractivity contribution in [3.8, 4) is 23.0 Å². The molecule has 0 aliphatic heterocycles. The molecule has 7 heteroatoms. The fourth-order valence-electron chi connectivity index (χ4n) is 3.31. The second-order valence-corrected chi connectivity index (χ2v) is 7.43. The zero-order valence-electron chi connectivity index (χ0n) is 18.7. The zero-order valence-corrected chi connectivity index (χ0v) is 18.7. The maximum absolute atomic E-state index is 12.4. The molecule has 0 fully saturated rings. The average molecular weight is 450 g/mol. The van der Waals surface area contributed by atoms with E-state index in [4.69, 9.17) is 19.3 Å². The highest BCUT2D eigenvalue weighted by atomic mass is 16.5. The molecule has 3 aromatic rings. The summed E-state index contributed by atoms with van der Waals surface area (Å²) in [5.74, 6) is 1.40. The van der Waals surface area contributed by atoms with Crippen LogP contribution in [0.15, 0.2) is 66.7 Å². The maximum atomic E-state index is 12.4. The van der Waals surface area contributed by atoms with Gasteiger partial charge in [-0.2, -0.15) is 0 Å². The third kappa shape index (κ3) is 7.28. The molecule has 33 heavy (non-hydrogen) atoms. The van der Waals surface area contributed by atoms with Gasteiger partial charge in [0.05, 0.1) is 27.1 Å². The Morgan fingerprint density at radius 3 is 2.24 bits per heavy atom. The first-order chi connectivity index (χ1) is 16.0. The fraction of sp³-hybridized carbons (Fsp3) is 0.231. The smallest absolute Gasteiger partial charge is 0.307 e. The molecule has 0 aliphatic rings. The Morgan fingerprint density at radius 1 is 0.788 bits per heavy atom.